The van der Waals surface area contributed by atoms with Crippen molar-refractivity contribution in [1.82, 2.24) is 15.0 Å². The highest BCUT2D eigenvalue weighted by atomic mass is 15.4. The molecule has 3 nitrogen and oxygen atoms in total. The summed E-state index contributed by atoms with van der Waals surface area (Å²) in [4.78, 5) is 0. The molecule has 3 heteroatoms. The van der Waals surface area contributed by atoms with Crippen molar-refractivity contribution < 1.29 is 0 Å². The van der Waals surface area contributed by atoms with Crippen LogP contribution >= 0.6 is 0 Å². The lowest BCUT2D eigenvalue weighted by Crippen LogP contribution is -1.99. The predicted molar refractivity (Wildman–Crippen MR) is 49.9 cm³/mol. The number of nitrogens with zero attached hydrogens (tertiary/aromatic N) is 3. The summed E-state index contributed by atoms with van der Waals surface area (Å²) in [7, 11) is 0. The zero-order valence-electron chi connectivity index (χ0n) is 7.61. The monoisotopic (exact) mass is 175 g/mol. The van der Waals surface area contributed by atoms with Gasteiger partial charge in [-0.05, 0) is 18.8 Å². The predicted octanol–water partition coefficient (Wildman–Crippen LogP) is 1.25. The molecule has 68 valence electrons. The van der Waals surface area contributed by atoms with Crippen LogP contribution in [0.2, 0.25) is 0 Å². The molecule has 0 aromatic carbocycles. The Kier molecular flexibility index (Phi) is 2.31. The highest BCUT2D eigenvalue weighted by Gasteiger charge is 2.22. The van der Waals surface area contributed by atoms with Crippen LogP contribution in [0.1, 0.15) is 25.0 Å². The van der Waals surface area contributed by atoms with E-state index in [1.807, 2.05) is 10.9 Å². The fourth-order valence-corrected chi connectivity index (χ4v) is 1.31. The number of hydrogen-bond donors (Lipinski definition) is 0. The number of terminal acetylenes is 1. The van der Waals surface area contributed by atoms with Gasteiger partial charge in [-0.15, -0.1) is 17.4 Å². The van der Waals surface area contributed by atoms with Crippen LogP contribution < -0.4 is 0 Å². The summed E-state index contributed by atoms with van der Waals surface area (Å²) < 4.78 is 1.93. The van der Waals surface area contributed by atoms with Crippen molar-refractivity contribution in [2.45, 2.75) is 32.2 Å². The third-order valence-corrected chi connectivity index (χ3v) is 2.25. The van der Waals surface area contributed by atoms with Crippen LogP contribution in [0.5, 0.6) is 0 Å². The van der Waals surface area contributed by atoms with Gasteiger partial charge in [-0.2, -0.15) is 0 Å². The summed E-state index contributed by atoms with van der Waals surface area (Å²) in [5.74, 6) is 3.45. The first-order chi connectivity index (χ1) is 6.38. The van der Waals surface area contributed by atoms with Gasteiger partial charge in [0, 0.05) is 25.6 Å². The average Bonchev–Trinajstić information content (AvgIpc) is 2.81. The molecule has 1 aromatic heterocycles. The highest BCUT2D eigenvalue weighted by Crippen LogP contribution is 2.30. The van der Waals surface area contributed by atoms with E-state index in [0.717, 1.165) is 31.0 Å². The fourth-order valence-electron chi connectivity index (χ4n) is 1.31. The number of rotatable bonds is 4. The molecular weight excluding hydrogens is 162 g/mol. The quantitative estimate of drug-likeness (QED) is 0.645. The largest absolute Gasteiger partial charge is 0.252 e. The Bertz CT molecular complexity index is 317. The van der Waals surface area contributed by atoms with Crippen molar-refractivity contribution >= 4 is 0 Å². The van der Waals surface area contributed by atoms with E-state index in [0.29, 0.717) is 0 Å². The maximum atomic E-state index is 5.17. The lowest BCUT2D eigenvalue weighted by molar-refractivity contribution is 0.544. The van der Waals surface area contributed by atoms with Gasteiger partial charge in [-0.3, -0.25) is 4.68 Å². The summed E-state index contributed by atoms with van der Waals surface area (Å²) in [5, 5.41) is 8.10. The van der Waals surface area contributed by atoms with Crippen molar-refractivity contribution in [1.29, 1.82) is 0 Å². The van der Waals surface area contributed by atoms with Gasteiger partial charge in [-0.25, -0.2) is 0 Å². The topological polar surface area (TPSA) is 30.7 Å². The SMILES string of the molecule is C#CCCc1cn(CC2CC2)nn1. The molecule has 1 aliphatic rings. The first-order valence-corrected chi connectivity index (χ1v) is 4.71. The molecule has 1 aromatic rings. The van der Waals surface area contributed by atoms with Crippen molar-refractivity contribution in [3.05, 3.63) is 11.9 Å². The Labute approximate surface area is 78.1 Å². The zero-order valence-corrected chi connectivity index (χ0v) is 7.61. The molecule has 0 atom stereocenters. The van der Waals surface area contributed by atoms with Crippen molar-refractivity contribution in [3.63, 3.8) is 0 Å². The van der Waals surface area contributed by atoms with E-state index in [1.54, 1.807) is 0 Å². The van der Waals surface area contributed by atoms with E-state index in [-0.39, 0.29) is 0 Å². The first-order valence-electron chi connectivity index (χ1n) is 4.71. The third-order valence-electron chi connectivity index (χ3n) is 2.25. The molecule has 0 amide bonds. The summed E-state index contributed by atoms with van der Waals surface area (Å²) in [6.07, 6.45) is 11.5. The van der Waals surface area contributed by atoms with Crippen molar-refractivity contribution in [2.75, 3.05) is 0 Å². The van der Waals surface area contributed by atoms with Gasteiger partial charge in [0.05, 0.1) is 5.69 Å². The van der Waals surface area contributed by atoms with E-state index < -0.39 is 0 Å². The molecule has 0 bridgehead atoms. The molecule has 0 saturated heterocycles. The van der Waals surface area contributed by atoms with Crippen molar-refractivity contribution in [2.24, 2.45) is 5.92 Å². The summed E-state index contributed by atoms with van der Waals surface area (Å²) in [6, 6.07) is 0. The molecule has 0 N–H and O–H groups in total. The van der Waals surface area contributed by atoms with Crippen LogP contribution in [0.25, 0.3) is 0 Å². The van der Waals surface area contributed by atoms with Crippen LogP contribution in [-0.2, 0) is 13.0 Å². The lowest BCUT2D eigenvalue weighted by Gasteiger charge is -1.94. The fraction of sp³-hybridized carbons (Fsp3) is 0.600. The van der Waals surface area contributed by atoms with Gasteiger partial charge in [0.15, 0.2) is 0 Å². The Morgan fingerprint density at radius 3 is 3.15 bits per heavy atom. The smallest absolute Gasteiger partial charge is 0.0836 e. The van der Waals surface area contributed by atoms with Crippen LogP contribution in [0.4, 0.5) is 0 Å². The number of hydrogen-bond acceptors (Lipinski definition) is 2. The highest BCUT2D eigenvalue weighted by molar-refractivity contribution is 4.97. The number of aryl methyl sites for hydroxylation is 1. The standard InChI is InChI=1S/C10H13N3/c1-2-3-4-10-8-13(12-11-10)7-9-5-6-9/h1,8-9H,3-7H2. The van der Waals surface area contributed by atoms with E-state index >= 15 is 0 Å². The molecule has 1 saturated carbocycles. The van der Waals surface area contributed by atoms with E-state index in [9.17, 15) is 0 Å². The second-order valence-electron chi connectivity index (χ2n) is 3.58. The third kappa shape index (κ3) is 2.32. The van der Waals surface area contributed by atoms with Crippen LogP contribution in [0.3, 0.4) is 0 Å². The van der Waals surface area contributed by atoms with Gasteiger partial charge < -0.3 is 0 Å². The molecule has 1 fully saturated rings. The Balaban J connectivity index is 1.89. The molecule has 0 radical (unpaired) electrons. The van der Waals surface area contributed by atoms with E-state index in [2.05, 4.69) is 16.2 Å². The Morgan fingerprint density at radius 2 is 2.46 bits per heavy atom. The van der Waals surface area contributed by atoms with E-state index in [4.69, 9.17) is 6.42 Å². The molecule has 0 unspecified atom stereocenters. The van der Waals surface area contributed by atoms with Gasteiger partial charge in [0.25, 0.3) is 0 Å². The molecule has 13 heavy (non-hydrogen) atoms. The summed E-state index contributed by atoms with van der Waals surface area (Å²) in [6.45, 7) is 1.03. The van der Waals surface area contributed by atoms with Crippen LogP contribution in [0.15, 0.2) is 6.20 Å². The molecule has 2 rings (SSSR count). The average molecular weight is 175 g/mol. The molecule has 0 spiro atoms. The second kappa shape index (κ2) is 3.61. The molecular formula is C10H13N3. The minimum absolute atomic E-state index is 0.752. The van der Waals surface area contributed by atoms with Crippen LogP contribution in [-0.4, -0.2) is 15.0 Å². The summed E-state index contributed by atoms with van der Waals surface area (Å²) in [5.41, 5.74) is 1.01. The number of aromatic nitrogens is 3. The maximum Gasteiger partial charge on any atom is 0.0836 e. The molecule has 1 heterocycles. The Hall–Kier alpha value is -1.30. The van der Waals surface area contributed by atoms with Crippen LogP contribution in [0, 0.1) is 18.3 Å². The normalized spacial score (nSPS) is 15.6. The van der Waals surface area contributed by atoms with E-state index in [1.165, 1.54) is 12.8 Å². The van der Waals surface area contributed by atoms with Gasteiger partial charge in [-0.1, -0.05) is 5.21 Å². The van der Waals surface area contributed by atoms with Gasteiger partial charge >= 0.3 is 0 Å². The second-order valence-corrected chi connectivity index (χ2v) is 3.58. The lowest BCUT2D eigenvalue weighted by atomic mass is 10.2. The van der Waals surface area contributed by atoms with Gasteiger partial charge in [0.1, 0.15) is 0 Å². The molecule has 0 aliphatic heterocycles. The van der Waals surface area contributed by atoms with Gasteiger partial charge in [0.2, 0.25) is 0 Å². The van der Waals surface area contributed by atoms with Crippen molar-refractivity contribution in [3.8, 4) is 12.3 Å². The minimum Gasteiger partial charge on any atom is -0.252 e. The maximum absolute atomic E-state index is 5.17. The molecule has 1 aliphatic carbocycles. The summed E-state index contributed by atoms with van der Waals surface area (Å²) >= 11 is 0. The minimum atomic E-state index is 0.752. The Morgan fingerprint density at radius 1 is 1.62 bits per heavy atom. The first kappa shape index (κ1) is 8.31. The zero-order chi connectivity index (χ0) is 9.10.